The quantitative estimate of drug-likeness (QED) is 0.175. The molecule has 4 aromatic carbocycles. The molecule has 0 aliphatic rings. The highest BCUT2D eigenvalue weighted by Gasteiger charge is 2.22. The van der Waals surface area contributed by atoms with Gasteiger partial charge < -0.3 is 28.5 Å². The Morgan fingerprint density at radius 1 is 0.800 bits per heavy atom. The van der Waals surface area contributed by atoms with Crippen LogP contribution < -0.4 is 24.4 Å². The van der Waals surface area contributed by atoms with Crippen molar-refractivity contribution in [3.63, 3.8) is 0 Å². The summed E-state index contributed by atoms with van der Waals surface area (Å²) in [6.07, 6.45) is 0. The van der Waals surface area contributed by atoms with Crippen LogP contribution in [0.15, 0.2) is 100 Å². The Balaban J connectivity index is 1.56. The summed E-state index contributed by atoms with van der Waals surface area (Å²) < 4.78 is 29.4. The molecule has 0 saturated carbocycles. The van der Waals surface area contributed by atoms with Crippen molar-refractivity contribution in [1.82, 2.24) is 0 Å². The molecule has 0 radical (unpaired) electrons. The predicted octanol–water partition coefficient (Wildman–Crippen LogP) is 6.95. The van der Waals surface area contributed by atoms with Gasteiger partial charge in [0.25, 0.3) is 0 Å². The summed E-state index contributed by atoms with van der Waals surface area (Å²) in [4.78, 5) is 13.4. The third-order valence-corrected chi connectivity index (χ3v) is 6.29. The van der Waals surface area contributed by atoms with Gasteiger partial charge in [0.05, 0.1) is 13.0 Å². The van der Waals surface area contributed by atoms with Crippen molar-refractivity contribution in [2.45, 2.75) is 13.2 Å². The maximum atomic E-state index is 13.4. The lowest BCUT2D eigenvalue weighted by Gasteiger charge is -2.16. The molecule has 0 spiro atoms. The highest BCUT2D eigenvalue weighted by molar-refractivity contribution is 6.18. The molecule has 0 aliphatic heterocycles. The Morgan fingerprint density at radius 2 is 1.45 bits per heavy atom. The van der Waals surface area contributed by atoms with Crippen LogP contribution in [0, 0.1) is 0 Å². The minimum atomic E-state index is -0.517. The summed E-state index contributed by atoms with van der Waals surface area (Å²) in [6.45, 7) is 0.882. The minimum absolute atomic E-state index is 0.0119. The summed E-state index contributed by atoms with van der Waals surface area (Å²) in [7, 11) is 1.38. The van der Waals surface area contributed by atoms with E-state index >= 15 is 0 Å². The maximum Gasteiger partial charge on any atom is 0.239 e. The number of phenolic OH excluding ortho intramolecular Hbond substituents is 1. The summed E-state index contributed by atoms with van der Waals surface area (Å²) in [5.74, 6) is 1.42. The van der Waals surface area contributed by atoms with E-state index in [2.05, 4.69) is 0 Å². The van der Waals surface area contributed by atoms with Crippen LogP contribution in [-0.4, -0.2) is 24.7 Å². The Hall–Kier alpha value is -4.62. The molecule has 1 aromatic heterocycles. The molecule has 0 fully saturated rings. The summed E-state index contributed by atoms with van der Waals surface area (Å²) in [5.41, 5.74) is 2.14. The number of methoxy groups -OCH3 is 1. The van der Waals surface area contributed by atoms with Gasteiger partial charge in [0, 0.05) is 17.7 Å². The predicted molar refractivity (Wildman–Crippen MR) is 154 cm³/mol. The van der Waals surface area contributed by atoms with E-state index in [1.54, 1.807) is 18.2 Å². The number of hydrogen-bond acceptors (Lipinski definition) is 7. The number of rotatable bonds is 11. The lowest BCUT2D eigenvalue weighted by molar-refractivity contribution is 0.256. The Morgan fingerprint density at radius 3 is 2.08 bits per heavy atom. The molecule has 0 unspecified atom stereocenters. The molecule has 0 aliphatic carbocycles. The standard InChI is InChI=1S/C32H27ClO7/c1-36-32-30(35)29-25(34)17-24(37-15-14-33)18-28(29)40-31(32)23-12-13-26(38-19-21-8-4-2-5-9-21)27(16-23)39-20-22-10-6-3-7-11-22/h2-13,16-18,34H,14-15,19-20H2,1H3. The fraction of sp³-hybridized carbons (Fsp3) is 0.156. The molecule has 0 bridgehead atoms. The van der Waals surface area contributed by atoms with Crippen molar-refractivity contribution in [2.75, 3.05) is 19.6 Å². The second-order valence-electron chi connectivity index (χ2n) is 8.86. The van der Waals surface area contributed by atoms with E-state index in [4.69, 9.17) is 35.0 Å². The van der Waals surface area contributed by atoms with Gasteiger partial charge in [0.15, 0.2) is 17.3 Å². The molecule has 0 atom stereocenters. The zero-order valence-electron chi connectivity index (χ0n) is 21.8. The molecule has 0 amide bonds. The molecular formula is C32H27ClO7. The lowest BCUT2D eigenvalue weighted by Crippen LogP contribution is -2.08. The second kappa shape index (κ2) is 12.5. The number of phenols is 1. The van der Waals surface area contributed by atoms with Crippen LogP contribution in [-0.2, 0) is 13.2 Å². The molecule has 204 valence electrons. The van der Waals surface area contributed by atoms with E-state index in [-0.39, 0.29) is 40.7 Å². The topological polar surface area (TPSA) is 87.4 Å². The number of aromatic hydroxyl groups is 1. The average Bonchev–Trinajstić information content (AvgIpc) is 2.98. The van der Waals surface area contributed by atoms with Crippen molar-refractivity contribution in [2.24, 2.45) is 0 Å². The van der Waals surface area contributed by atoms with E-state index in [1.807, 2.05) is 60.7 Å². The number of fused-ring (bicyclic) bond motifs is 1. The Labute approximate surface area is 236 Å². The normalized spacial score (nSPS) is 10.8. The number of benzene rings is 4. The smallest absolute Gasteiger partial charge is 0.239 e. The highest BCUT2D eigenvalue weighted by Crippen LogP contribution is 2.39. The van der Waals surface area contributed by atoms with E-state index in [9.17, 15) is 9.90 Å². The average molecular weight is 559 g/mol. The van der Waals surface area contributed by atoms with Gasteiger partial charge in [-0.25, -0.2) is 0 Å². The van der Waals surface area contributed by atoms with E-state index < -0.39 is 5.43 Å². The van der Waals surface area contributed by atoms with Gasteiger partial charge in [0.1, 0.15) is 42.3 Å². The van der Waals surface area contributed by atoms with Crippen LogP contribution in [0.3, 0.4) is 0 Å². The monoisotopic (exact) mass is 558 g/mol. The van der Waals surface area contributed by atoms with Crippen molar-refractivity contribution >= 4 is 22.6 Å². The summed E-state index contributed by atoms with van der Waals surface area (Å²) in [6, 6.07) is 27.7. The fourth-order valence-corrected chi connectivity index (χ4v) is 4.30. The fourth-order valence-electron chi connectivity index (χ4n) is 4.23. The summed E-state index contributed by atoms with van der Waals surface area (Å²) in [5, 5.41) is 10.5. The maximum absolute atomic E-state index is 13.4. The van der Waals surface area contributed by atoms with Crippen molar-refractivity contribution in [1.29, 1.82) is 0 Å². The van der Waals surface area contributed by atoms with Crippen molar-refractivity contribution in [3.05, 3.63) is 112 Å². The van der Waals surface area contributed by atoms with E-state index in [0.717, 1.165) is 11.1 Å². The van der Waals surface area contributed by atoms with Crippen LogP contribution in [0.5, 0.6) is 28.7 Å². The van der Waals surface area contributed by atoms with Crippen molar-refractivity contribution in [3.8, 4) is 40.1 Å². The molecule has 1 N–H and O–H groups in total. The van der Waals surface area contributed by atoms with Crippen LogP contribution in [0.4, 0.5) is 0 Å². The van der Waals surface area contributed by atoms with E-state index in [1.165, 1.54) is 19.2 Å². The lowest BCUT2D eigenvalue weighted by atomic mass is 10.1. The first-order valence-corrected chi connectivity index (χ1v) is 13.1. The van der Waals surface area contributed by atoms with Gasteiger partial charge >= 0.3 is 0 Å². The van der Waals surface area contributed by atoms with Crippen LogP contribution >= 0.6 is 11.6 Å². The zero-order valence-corrected chi connectivity index (χ0v) is 22.5. The molecule has 1 heterocycles. The summed E-state index contributed by atoms with van der Waals surface area (Å²) >= 11 is 5.73. The SMILES string of the molecule is COc1c(-c2ccc(OCc3ccccc3)c(OCc3ccccc3)c2)oc2cc(OCCCl)cc(O)c2c1=O. The molecule has 8 heteroatoms. The molecular weight excluding hydrogens is 532 g/mol. The first kappa shape index (κ1) is 27.0. The van der Waals surface area contributed by atoms with Crippen LogP contribution in [0.25, 0.3) is 22.3 Å². The van der Waals surface area contributed by atoms with Crippen LogP contribution in [0.1, 0.15) is 11.1 Å². The van der Waals surface area contributed by atoms with Crippen LogP contribution in [0.2, 0.25) is 0 Å². The first-order valence-electron chi connectivity index (χ1n) is 12.6. The van der Waals surface area contributed by atoms with Crippen molar-refractivity contribution < 1.29 is 28.5 Å². The third-order valence-electron chi connectivity index (χ3n) is 6.14. The van der Waals surface area contributed by atoms with Gasteiger partial charge in [-0.05, 0) is 29.3 Å². The Bertz CT molecular complexity index is 1650. The first-order chi connectivity index (χ1) is 19.6. The van der Waals surface area contributed by atoms with Gasteiger partial charge in [-0.1, -0.05) is 60.7 Å². The molecule has 5 aromatic rings. The van der Waals surface area contributed by atoms with Gasteiger partial charge in [-0.15, -0.1) is 11.6 Å². The highest BCUT2D eigenvalue weighted by atomic mass is 35.5. The Kier molecular flexibility index (Phi) is 8.42. The third kappa shape index (κ3) is 6.00. The number of halogens is 1. The van der Waals surface area contributed by atoms with Gasteiger partial charge in [-0.3, -0.25) is 4.79 Å². The molecule has 0 saturated heterocycles. The number of hydrogen-bond donors (Lipinski definition) is 1. The van der Waals surface area contributed by atoms with E-state index in [0.29, 0.717) is 36.0 Å². The van der Waals surface area contributed by atoms with Gasteiger partial charge in [-0.2, -0.15) is 0 Å². The number of ether oxygens (including phenoxy) is 4. The second-order valence-corrected chi connectivity index (χ2v) is 9.23. The molecule has 7 nitrogen and oxygen atoms in total. The minimum Gasteiger partial charge on any atom is -0.507 e. The molecule has 40 heavy (non-hydrogen) atoms. The zero-order chi connectivity index (χ0) is 27.9. The number of alkyl halides is 1. The molecule has 5 rings (SSSR count). The largest absolute Gasteiger partial charge is 0.507 e. The van der Waals surface area contributed by atoms with Gasteiger partial charge in [0.2, 0.25) is 11.2 Å².